The van der Waals surface area contributed by atoms with Gasteiger partial charge >= 0.3 is 104 Å². The van der Waals surface area contributed by atoms with Gasteiger partial charge in [-0.05, 0) is 0 Å². The van der Waals surface area contributed by atoms with Gasteiger partial charge in [0, 0.05) is 0 Å². The van der Waals surface area contributed by atoms with Crippen LogP contribution in [0, 0.1) is 41.7 Å². The molecule has 0 saturated heterocycles. The summed E-state index contributed by atoms with van der Waals surface area (Å²) in [6.45, 7) is 0. The van der Waals surface area contributed by atoms with Crippen LogP contribution in [0.3, 0.4) is 0 Å². The second-order valence-corrected chi connectivity index (χ2v) is 2.06. The first-order chi connectivity index (χ1) is 2.00. The van der Waals surface area contributed by atoms with Crippen molar-refractivity contribution in [2.75, 3.05) is 0 Å². The Bertz CT molecular complexity index is 27.2. The molecule has 0 aromatic carbocycles. The molecule has 0 aliphatic carbocycles. The van der Waals surface area contributed by atoms with E-state index in [-0.39, 0.29) is 71.3 Å². The molecule has 0 fully saturated rings. The normalized spacial score (nSPS) is 8.57. The van der Waals surface area contributed by atoms with Gasteiger partial charge in [-0.3, -0.25) is 0 Å². The van der Waals surface area contributed by atoms with Crippen LogP contribution in [0.5, 0.6) is 0 Å². The van der Waals surface area contributed by atoms with Crippen molar-refractivity contribution >= 4 is 0 Å². The zero-order valence-corrected chi connectivity index (χ0v) is 10.3. The fourth-order valence-corrected chi connectivity index (χ4v) is 0. The molecule has 0 heterocycles. The molecule has 0 rings (SSSR count). The van der Waals surface area contributed by atoms with Crippen molar-refractivity contribution in [3.05, 3.63) is 0 Å². The summed E-state index contributed by atoms with van der Waals surface area (Å²) >= 11 is -6.00. The summed E-state index contributed by atoms with van der Waals surface area (Å²) in [7, 11) is 0. The molecule has 33 valence electrons. The quantitative estimate of drug-likeness (QED) is 0.410. The topological polar surface area (TPSA) is 92.2 Å². The van der Waals surface area contributed by atoms with E-state index in [1.807, 2.05) is 0 Å². The van der Waals surface area contributed by atoms with Gasteiger partial charge in [0.2, 0.25) is 0 Å². The summed E-state index contributed by atoms with van der Waals surface area (Å²) in [6.07, 6.45) is 0. The Kier molecular flexibility index (Phi) is 16.6. The average Bonchev–Trinajstić information content (AvgIpc) is 0.722. The van der Waals surface area contributed by atoms with Crippen LogP contribution >= 0.6 is 0 Å². The van der Waals surface area contributed by atoms with Crippen LogP contribution in [0.2, 0.25) is 0 Å². The minimum absolute atomic E-state index is 0. The van der Waals surface area contributed by atoms with E-state index in [9.17, 15) is 0 Å². The Morgan fingerprint density at radius 2 is 0.857 bits per heavy atom. The Balaban J connectivity index is -0.0000000800. The summed E-state index contributed by atoms with van der Waals surface area (Å²) in [5.74, 6) is 0. The molecule has 0 bridgehead atoms. The zero-order chi connectivity index (χ0) is 4.50. The molecule has 4 nitrogen and oxygen atoms in total. The molecule has 7 heteroatoms. The summed E-state index contributed by atoms with van der Waals surface area (Å²) in [5.41, 5.74) is 0. The van der Waals surface area contributed by atoms with Gasteiger partial charge in [-0.15, -0.1) is 0 Å². The fourth-order valence-electron chi connectivity index (χ4n) is 0. The monoisotopic (exact) mass is 275 g/mol. The molecule has 0 unspecified atom stereocenters. The van der Waals surface area contributed by atoms with E-state index in [1.165, 1.54) is 0 Å². The molecule has 0 amide bonds. The molecular formula is CeNaO4Ti. The van der Waals surface area contributed by atoms with Crippen LogP contribution in [0.15, 0.2) is 0 Å². The van der Waals surface area contributed by atoms with Gasteiger partial charge in [-0.2, -0.15) is 0 Å². The third kappa shape index (κ3) is 49.9. The molecule has 0 aromatic rings. The van der Waals surface area contributed by atoms with Crippen LogP contribution in [-0.2, 0) is 18.1 Å². The van der Waals surface area contributed by atoms with Crippen LogP contribution in [0.1, 0.15) is 0 Å². The maximum atomic E-state index is 8.62. The van der Waals surface area contributed by atoms with Crippen molar-refractivity contribution in [1.29, 1.82) is 0 Å². The van der Waals surface area contributed by atoms with Gasteiger partial charge in [-0.25, -0.2) is 0 Å². The minimum atomic E-state index is -6.00. The first kappa shape index (κ1) is 16.5. The second kappa shape index (κ2) is 7.04. The van der Waals surface area contributed by atoms with Gasteiger partial charge in [0.1, 0.15) is 0 Å². The van der Waals surface area contributed by atoms with Gasteiger partial charge in [-0.1, -0.05) is 0 Å². The fraction of sp³-hybridized carbons (Fsp3) is 0. The summed E-state index contributed by atoms with van der Waals surface area (Å²) in [5, 5.41) is 0. The Morgan fingerprint density at radius 3 is 0.857 bits per heavy atom. The van der Waals surface area contributed by atoms with Crippen molar-refractivity contribution in [3.63, 3.8) is 0 Å². The molecule has 1 radical (unpaired) electrons. The van der Waals surface area contributed by atoms with Gasteiger partial charge < -0.3 is 0 Å². The van der Waals surface area contributed by atoms with E-state index < -0.39 is 18.1 Å². The number of hydrogen-bond donors (Lipinski definition) is 0. The first-order valence-corrected chi connectivity index (χ1v) is 3.37. The maximum absolute atomic E-state index is 8.62. The van der Waals surface area contributed by atoms with E-state index in [4.69, 9.17) is 14.8 Å². The predicted molar refractivity (Wildman–Crippen MR) is 0 cm³/mol. The van der Waals surface area contributed by atoms with Gasteiger partial charge in [0.25, 0.3) is 0 Å². The van der Waals surface area contributed by atoms with Crippen LogP contribution < -0.4 is 44.3 Å². The van der Waals surface area contributed by atoms with E-state index >= 15 is 0 Å². The van der Waals surface area contributed by atoms with Crippen molar-refractivity contribution in [2.24, 2.45) is 0 Å². The third-order valence-corrected chi connectivity index (χ3v) is 0. The van der Waals surface area contributed by atoms with Crippen molar-refractivity contribution in [2.45, 2.75) is 0 Å². The molecule has 0 spiro atoms. The summed E-state index contributed by atoms with van der Waals surface area (Å²) < 4.78 is 34.5. The van der Waals surface area contributed by atoms with Crippen molar-refractivity contribution in [1.82, 2.24) is 0 Å². The number of rotatable bonds is 0. The van der Waals surface area contributed by atoms with E-state index in [0.717, 1.165) is 0 Å². The van der Waals surface area contributed by atoms with Crippen molar-refractivity contribution in [3.8, 4) is 0 Å². The van der Waals surface area contributed by atoms with Gasteiger partial charge in [0.15, 0.2) is 0 Å². The van der Waals surface area contributed by atoms with Crippen LogP contribution in [0.4, 0.5) is 0 Å². The van der Waals surface area contributed by atoms with Crippen molar-refractivity contribution < 1.29 is 104 Å². The number of hydrogen-bond acceptors (Lipinski definition) is 4. The summed E-state index contributed by atoms with van der Waals surface area (Å²) in [4.78, 5) is 0. The Hall–Kier alpha value is 2.93. The molecule has 0 aliphatic heterocycles. The Morgan fingerprint density at radius 1 is 0.857 bits per heavy atom. The van der Waals surface area contributed by atoms with E-state index in [1.54, 1.807) is 0 Å². The van der Waals surface area contributed by atoms with Crippen LogP contribution in [0.25, 0.3) is 0 Å². The second-order valence-electron chi connectivity index (χ2n) is 0.500. The molecule has 7 heavy (non-hydrogen) atoms. The SMILES string of the molecule is [Ce+3].[Na+].[O-][Ti]([O-])([O-])[O-]. The molecule has 0 saturated carbocycles. The Labute approximate surface area is 102 Å². The molecule has 0 aliphatic rings. The summed E-state index contributed by atoms with van der Waals surface area (Å²) in [6, 6.07) is 0. The molecule has 0 atom stereocenters. The zero-order valence-electron chi connectivity index (χ0n) is 3.63. The van der Waals surface area contributed by atoms with Crippen LogP contribution in [-0.4, -0.2) is 0 Å². The van der Waals surface area contributed by atoms with E-state index in [0.29, 0.717) is 0 Å². The molecule has 0 aromatic heterocycles. The first-order valence-electron chi connectivity index (χ1n) is 0.816. The molecular weight excluding hydrogens is 275 g/mol. The molecule has 0 N–H and O–H groups in total. The average molecular weight is 275 g/mol. The van der Waals surface area contributed by atoms with Gasteiger partial charge in [0.05, 0.1) is 0 Å². The predicted octanol–water partition coefficient (Wildman–Crippen LogP) is -7.75. The third-order valence-electron chi connectivity index (χ3n) is 0. The standard InChI is InChI=1S/Ce.Na.4O.Ti/q+3;+1;4*-1;. The van der Waals surface area contributed by atoms with E-state index in [2.05, 4.69) is 0 Å².